The van der Waals surface area contributed by atoms with Crippen molar-refractivity contribution in [1.82, 2.24) is 4.98 Å². The van der Waals surface area contributed by atoms with Gasteiger partial charge >= 0.3 is 12.1 Å². The van der Waals surface area contributed by atoms with Crippen LogP contribution >= 0.6 is 11.6 Å². The highest BCUT2D eigenvalue weighted by Gasteiger charge is 2.31. The van der Waals surface area contributed by atoms with E-state index in [-0.39, 0.29) is 22.2 Å². The third-order valence-electron chi connectivity index (χ3n) is 2.78. The van der Waals surface area contributed by atoms with Gasteiger partial charge in [0, 0.05) is 18.7 Å². The van der Waals surface area contributed by atoms with Gasteiger partial charge < -0.3 is 10.1 Å². The summed E-state index contributed by atoms with van der Waals surface area (Å²) in [4.78, 5) is 26.4. The molecule has 0 aliphatic carbocycles. The van der Waals surface area contributed by atoms with E-state index >= 15 is 0 Å². The molecule has 0 unspecified atom stereocenters. The molecule has 2 aromatic rings. The number of esters is 1. The highest BCUT2D eigenvalue weighted by Crippen LogP contribution is 2.32. The SMILES string of the molecule is CC(=O)Oc1ccc(C(=O)Nc2ncc(C(F)(F)F)cc2Cl)cc1. The van der Waals surface area contributed by atoms with Gasteiger partial charge in [-0.05, 0) is 30.3 Å². The van der Waals surface area contributed by atoms with Gasteiger partial charge in [0.05, 0.1) is 10.6 Å². The molecule has 5 nitrogen and oxygen atoms in total. The summed E-state index contributed by atoms with van der Waals surface area (Å²) in [6.07, 6.45) is -4.00. The van der Waals surface area contributed by atoms with E-state index in [9.17, 15) is 22.8 Å². The van der Waals surface area contributed by atoms with Crippen molar-refractivity contribution >= 4 is 29.3 Å². The van der Waals surface area contributed by atoms with E-state index in [0.717, 1.165) is 0 Å². The maximum atomic E-state index is 12.5. The molecule has 0 bridgehead atoms. The van der Waals surface area contributed by atoms with Gasteiger partial charge in [-0.1, -0.05) is 11.6 Å². The lowest BCUT2D eigenvalue weighted by atomic mass is 10.2. The maximum absolute atomic E-state index is 12.5. The number of aromatic nitrogens is 1. The van der Waals surface area contributed by atoms with Crippen molar-refractivity contribution in [3.8, 4) is 5.75 Å². The van der Waals surface area contributed by atoms with E-state index in [1.807, 2.05) is 0 Å². The fraction of sp³-hybridized carbons (Fsp3) is 0.133. The zero-order valence-electron chi connectivity index (χ0n) is 12.1. The van der Waals surface area contributed by atoms with Gasteiger partial charge in [-0.25, -0.2) is 4.98 Å². The fourth-order valence-electron chi connectivity index (χ4n) is 1.70. The second-order valence-corrected chi connectivity index (χ2v) is 5.03. The Balaban J connectivity index is 2.13. The summed E-state index contributed by atoms with van der Waals surface area (Å²) < 4.78 is 42.4. The number of amides is 1. The Bertz CT molecular complexity index is 777. The van der Waals surface area contributed by atoms with Crippen molar-refractivity contribution in [3.63, 3.8) is 0 Å². The third-order valence-corrected chi connectivity index (χ3v) is 3.07. The number of benzene rings is 1. The van der Waals surface area contributed by atoms with Crippen LogP contribution in [0.3, 0.4) is 0 Å². The Hall–Kier alpha value is -2.61. The summed E-state index contributed by atoms with van der Waals surface area (Å²) >= 11 is 5.71. The Morgan fingerprint density at radius 2 is 1.83 bits per heavy atom. The lowest BCUT2D eigenvalue weighted by Gasteiger charge is -2.10. The maximum Gasteiger partial charge on any atom is 0.417 e. The number of hydrogen-bond donors (Lipinski definition) is 1. The Morgan fingerprint density at radius 3 is 2.33 bits per heavy atom. The monoisotopic (exact) mass is 358 g/mol. The smallest absolute Gasteiger partial charge is 0.417 e. The Morgan fingerprint density at radius 1 is 1.21 bits per heavy atom. The van der Waals surface area contributed by atoms with Crippen molar-refractivity contribution in [3.05, 3.63) is 52.7 Å². The molecule has 0 aliphatic heterocycles. The number of rotatable bonds is 3. The average Bonchev–Trinajstić information content (AvgIpc) is 2.48. The minimum absolute atomic E-state index is 0.184. The molecule has 1 N–H and O–H groups in total. The first-order valence-corrected chi connectivity index (χ1v) is 6.87. The van der Waals surface area contributed by atoms with Crippen LogP contribution in [0.1, 0.15) is 22.8 Å². The van der Waals surface area contributed by atoms with Gasteiger partial charge in [-0.3, -0.25) is 9.59 Å². The van der Waals surface area contributed by atoms with Crippen molar-refractivity contribution in [2.45, 2.75) is 13.1 Å². The van der Waals surface area contributed by atoms with Gasteiger partial charge in [0.2, 0.25) is 0 Å². The zero-order chi connectivity index (χ0) is 17.9. The molecule has 0 radical (unpaired) electrons. The van der Waals surface area contributed by atoms with Crippen LogP contribution in [-0.4, -0.2) is 16.9 Å². The summed E-state index contributed by atoms with van der Waals surface area (Å²) in [6.45, 7) is 1.24. The summed E-state index contributed by atoms with van der Waals surface area (Å²) in [7, 11) is 0. The molecular formula is C15H10ClF3N2O3. The fourth-order valence-corrected chi connectivity index (χ4v) is 1.92. The van der Waals surface area contributed by atoms with Gasteiger partial charge in [0.25, 0.3) is 5.91 Å². The number of carbonyl (C=O) groups is 2. The standard InChI is InChI=1S/C15H10ClF3N2O3/c1-8(22)24-11-4-2-9(3-5-11)14(23)21-13-12(16)6-10(7-20-13)15(17,18)19/h2-7H,1H3,(H,20,21,23). The molecule has 9 heteroatoms. The van der Waals surface area contributed by atoms with E-state index in [0.29, 0.717) is 12.3 Å². The average molecular weight is 359 g/mol. The Kier molecular flexibility index (Phi) is 5.08. The molecule has 0 fully saturated rings. The van der Waals surface area contributed by atoms with E-state index in [1.54, 1.807) is 0 Å². The quantitative estimate of drug-likeness (QED) is 0.666. The minimum atomic E-state index is -4.58. The lowest BCUT2D eigenvalue weighted by molar-refractivity contribution is -0.137. The summed E-state index contributed by atoms with van der Waals surface area (Å²) in [6, 6.07) is 6.24. The number of pyridine rings is 1. The van der Waals surface area contributed by atoms with Gasteiger partial charge in [0.15, 0.2) is 5.82 Å². The molecule has 1 amide bonds. The molecule has 1 aromatic heterocycles. The molecular weight excluding hydrogens is 349 g/mol. The van der Waals surface area contributed by atoms with Crippen molar-refractivity contribution in [2.24, 2.45) is 0 Å². The predicted octanol–water partition coefficient (Wildman–Crippen LogP) is 3.93. The molecule has 24 heavy (non-hydrogen) atoms. The zero-order valence-corrected chi connectivity index (χ0v) is 12.9. The number of alkyl halides is 3. The first kappa shape index (κ1) is 17.7. The number of halogens is 4. The Labute approximate surface area is 139 Å². The molecule has 1 aromatic carbocycles. The van der Waals surface area contributed by atoms with Crippen molar-refractivity contribution in [2.75, 3.05) is 5.32 Å². The van der Waals surface area contributed by atoms with Crippen LogP contribution in [0.4, 0.5) is 19.0 Å². The number of carbonyl (C=O) groups excluding carboxylic acids is 2. The van der Waals surface area contributed by atoms with Crippen LogP contribution in [0.25, 0.3) is 0 Å². The predicted molar refractivity (Wildman–Crippen MR) is 80.0 cm³/mol. The van der Waals surface area contributed by atoms with Crippen molar-refractivity contribution < 1.29 is 27.5 Å². The number of hydrogen-bond acceptors (Lipinski definition) is 4. The molecule has 0 spiro atoms. The molecule has 2 rings (SSSR count). The van der Waals surface area contributed by atoms with Gasteiger partial charge in [-0.2, -0.15) is 13.2 Å². The van der Waals surface area contributed by atoms with Crippen LogP contribution < -0.4 is 10.1 Å². The van der Waals surface area contributed by atoms with Gasteiger partial charge in [0.1, 0.15) is 5.75 Å². The third kappa shape index (κ3) is 4.45. The number of nitrogens with one attached hydrogen (secondary N) is 1. The number of nitrogens with zero attached hydrogens (tertiary/aromatic N) is 1. The first-order valence-electron chi connectivity index (χ1n) is 6.49. The molecule has 126 valence electrons. The van der Waals surface area contributed by atoms with Crippen LogP contribution in [0, 0.1) is 0 Å². The topological polar surface area (TPSA) is 68.3 Å². The highest BCUT2D eigenvalue weighted by atomic mass is 35.5. The van der Waals surface area contributed by atoms with Crippen molar-refractivity contribution in [1.29, 1.82) is 0 Å². The van der Waals surface area contributed by atoms with E-state index in [2.05, 4.69) is 10.3 Å². The summed E-state index contributed by atoms with van der Waals surface area (Å²) in [5.74, 6) is -1.07. The van der Waals surface area contributed by atoms with Crippen LogP contribution in [0.5, 0.6) is 5.75 Å². The second kappa shape index (κ2) is 6.88. The minimum Gasteiger partial charge on any atom is -0.427 e. The molecule has 0 saturated carbocycles. The van der Waals surface area contributed by atoms with Crippen LogP contribution in [0.15, 0.2) is 36.5 Å². The first-order chi connectivity index (χ1) is 11.2. The normalized spacial score (nSPS) is 11.0. The lowest BCUT2D eigenvalue weighted by Crippen LogP contribution is -2.14. The van der Waals surface area contributed by atoms with E-state index < -0.39 is 23.6 Å². The van der Waals surface area contributed by atoms with E-state index in [1.165, 1.54) is 31.2 Å². The van der Waals surface area contributed by atoms with Gasteiger partial charge in [-0.15, -0.1) is 0 Å². The largest absolute Gasteiger partial charge is 0.427 e. The van der Waals surface area contributed by atoms with Crippen LogP contribution in [-0.2, 0) is 11.0 Å². The molecule has 0 saturated heterocycles. The number of anilines is 1. The summed E-state index contributed by atoms with van der Waals surface area (Å²) in [5, 5.41) is 1.97. The molecule has 1 heterocycles. The van der Waals surface area contributed by atoms with Crippen LogP contribution in [0.2, 0.25) is 5.02 Å². The molecule has 0 aliphatic rings. The molecule has 0 atom stereocenters. The summed E-state index contributed by atoms with van der Waals surface area (Å²) in [5.41, 5.74) is -0.833. The second-order valence-electron chi connectivity index (χ2n) is 4.62. The number of ether oxygens (including phenoxy) is 1. The highest BCUT2D eigenvalue weighted by molar-refractivity contribution is 6.33. The van der Waals surface area contributed by atoms with E-state index in [4.69, 9.17) is 16.3 Å².